The van der Waals surface area contributed by atoms with Gasteiger partial charge >= 0.3 is 0 Å². The number of hydrogen-bond acceptors (Lipinski definition) is 12. The van der Waals surface area contributed by atoms with Gasteiger partial charge in [-0.2, -0.15) is 33.7 Å². The fraction of sp³-hybridized carbons (Fsp3) is 0.250. The summed E-state index contributed by atoms with van der Waals surface area (Å²) < 4.78 is 120. The van der Waals surface area contributed by atoms with E-state index in [4.69, 9.17) is 0 Å². The summed E-state index contributed by atoms with van der Waals surface area (Å²) in [4.78, 5) is -3.55. The van der Waals surface area contributed by atoms with E-state index in [9.17, 15) is 33.7 Å². The van der Waals surface area contributed by atoms with Crippen LogP contribution >= 0.6 is 31.9 Å². The minimum Gasteiger partial charge on any atom is -0.270 e. The van der Waals surface area contributed by atoms with E-state index < -0.39 is 71.2 Å². The van der Waals surface area contributed by atoms with Gasteiger partial charge in [0.1, 0.15) is 19.6 Å². The summed E-state index contributed by atoms with van der Waals surface area (Å²) in [5.41, 5.74) is -1.74. The summed E-state index contributed by atoms with van der Waals surface area (Å²) in [5, 5.41) is 0. The zero-order valence-electron chi connectivity index (χ0n) is 17.6. The van der Waals surface area contributed by atoms with Gasteiger partial charge in [-0.1, -0.05) is 31.9 Å². The summed E-state index contributed by atoms with van der Waals surface area (Å²) >= 11 is 5.97. The van der Waals surface area contributed by atoms with E-state index in [1.807, 2.05) is 0 Å². The van der Waals surface area contributed by atoms with Crippen molar-refractivity contribution in [2.24, 2.45) is 0 Å². The molecular weight excluding hydrogens is 672 g/mol. The molecule has 0 saturated carbocycles. The summed E-state index contributed by atoms with van der Waals surface area (Å²) in [7, 11) is -16.0. The quantitative estimate of drug-likeness (QED) is 0.352. The number of rotatable bonds is 9. The van der Waals surface area contributed by atoms with E-state index in [1.165, 1.54) is 0 Å². The molecule has 0 heterocycles. The monoisotopic (exact) mass is 686 g/mol. The number of hydrogen-bond donors (Lipinski definition) is 0. The molecule has 2 aromatic rings. The van der Waals surface area contributed by atoms with Gasteiger partial charge in [-0.15, -0.1) is 0 Å². The van der Waals surface area contributed by atoms with Crippen LogP contribution in [0, 0.1) is 0 Å². The Morgan fingerprint density at radius 3 is 0.794 bits per heavy atom. The third-order valence-electron chi connectivity index (χ3n) is 4.27. The van der Waals surface area contributed by atoms with E-state index in [-0.39, 0.29) is 8.95 Å². The van der Waals surface area contributed by atoms with E-state index in [0.29, 0.717) is 0 Å². The second-order valence-corrected chi connectivity index (χ2v) is 14.6. The number of benzene rings is 2. The van der Waals surface area contributed by atoms with Crippen LogP contribution in [0.5, 0.6) is 0 Å². The van der Waals surface area contributed by atoms with E-state index in [2.05, 4.69) is 48.6 Å². The molecule has 0 unspecified atom stereocenters. The van der Waals surface area contributed by atoms with Gasteiger partial charge in [0.25, 0.3) is 40.5 Å². The summed E-state index contributed by atoms with van der Waals surface area (Å²) in [6.07, 6.45) is 0. The smallest absolute Gasteiger partial charge is 0.270 e. The maximum absolute atomic E-state index is 12.8. The van der Waals surface area contributed by atoms with Crippen molar-refractivity contribution in [2.75, 3.05) is 28.4 Å². The highest BCUT2D eigenvalue weighted by molar-refractivity contribution is 9.10. The normalized spacial score (nSPS) is 13.2. The van der Waals surface area contributed by atoms with Crippen LogP contribution in [0.1, 0.15) is 0 Å². The molecule has 0 fully saturated rings. The van der Waals surface area contributed by atoms with E-state index in [1.54, 1.807) is 0 Å². The van der Waals surface area contributed by atoms with Crippen LogP contribution in [0.3, 0.4) is 0 Å². The molecule has 0 radical (unpaired) electrons. The van der Waals surface area contributed by atoms with Gasteiger partial charge < -0.3 is 0 Å². The first-order chi connectivity index (χ1) is 15.5. The third-order valence-corrected chi connectivity index (χ3v) is 10.4. The Morgan fingerprint density at radius 2 is 0.647 bits per heavy atom. The predicted octanol–water partition coefficient (Wildman–Crippen LogP) is 2.22. The van der Waals surface area contributed by atoms with Crippen LogP contribution in [0.4, 0.5) is 0 Å². The Kier molecular flexibility index (Phi) is 8.77. The lowest BCUT2D eigenvalue weighted by Crippen LogP contribution is -2.16. The van der Waals surface area contributed by atoms with Crippen molar-refractivity contribution in [1.29, 1.82) is 0 Å². The van der Waals surface area contributed by atoms with Gasteiger partial charge in [0.2, 0.25) is 0 Å². The van der Waals surface area contributed by atoms with Crippen LogP contribution in [-0.4, -0.2) is 62.1 Å². The van der Waals surface area contributed by atoms with Crippen molar-refractivity contribution >= 4 is 72.3 Å². The predicted molar refractivity (Wildman–Crippen MR) is 124 cm³/mol. The minimum atomic E-state index is -4.77. The molecule has 0 saturated heterocycles. The van der Waals surface area contributed by atoms with Crippen LogP contribution in [0.2, 0.25) is 0 Å². The molecular formula is C16H16Br2O12S4. The molecule has 0 atom stereocenters. The molecule has 2 rings (SSSR count). The van der Waals surface area contributed by atoms with Gasteiger partial charge in [-0.25, -0.2) is 0 Å². The Balaban J connectivity index is 3.49. The Morgan fingerprint density at radius 1 is 0.471 bits per heavy atom. The lowest BCUT2D eigenvalue weighted by molar-refractivity contribution is 0.392. The maximum atomic E-state index is 12.8. The van der Waals surface area contributed by atoms with Gasteiger partial charge in [0.05, 0.1) is 28.4 Å². The van der Waals surface area contributed by atoms with Crippen molar-refractivity contribution in [3.63, 3.8) is 0 Å². The Hall–Kier alpha value is -0.960. The molecule has 0 aliphatic rings. The summed E-state index contributed by atoms with van der Waals surface area (Å²) in [5.74, 6) is 0. The molecule has 0 aromatic heterocycles. The summed E-state index contributed by atoms with van der Waals surface area (Å²) in [6, 6.07) is 3.60. The zero-order valence-corrected chi connectivity index (χ0v) is 24.0. The number of halogens is 2. The second kappa shape index (κ2) is 10.2. The molecule has 0 N–H and O–H groups in total. The highest BCUT2D eigenvalue weighted by Crippen LogP contribution is 2.45. The average Bonchev–Trinajstić information content (AvgIpc) is 2.78. The highest BCUT2D eigenvalue weighted by atomic mass is 79.9. The molecule has 12 nitrogen and oxygen atoms in total. The van der Waals surface area contributed by atoms with E-state index in [0.717, 1.165) is 52.7 Å². The highest BCUT2D eigenvalue weighted by Gasteiger charge is 2.37. The Labute approximate surface area is 213 Å². The first kappa shape index (κ1) is 29.3. The van der Waals surface area contributed by atoms with Crippen molar-refractivity contribution < 1.29 is 50.4 Å². The third kappa shape index (κ3) is 5.55. The zero-order chi connectivity index (χ0) is 26.3. The molecule has 34 heavy (non-hydrogen) atoms. The van der Waals surface area contributed by atoms with Gasteiger partial charge in [-0.05, 0) is 24.3 Å². The molecule has 0 spiro atoms. The minimum absolute atomic E-state index is 0.0908. The topological polar surface area (TPSA) is 173 Å². The molecule has 0 amide bonds. The van der Waals surface area contributed by atoms with E-state index >= 15 is 0 Å². The molecule has 18 heteroatoms. The van der Waals surface area contributed by atoms with Crippen LogP contribution < -0.4 is 0 Å². The second-order valence-electron chi connectivity index (χ2n) is 6.04. The SMILES string of the molecule is COS(=O)(=O)c1cc(Br)cc(S(=O)(=O)OC)c1-c1c(S(=O)(=O)OC)cc(Br)cc1S(=O)(=O)OC. The molecule has 190 valence electrons. The van der Waals surface area contributed by atoms with Crippen LogP contribution in [0.15, 0.2) is 52.8 Å². The van der Waals surface area contributed by atoms with Gasteiger partial charge in [0, 0.05) is 20.1 Å². The molecule has 2 aromatic carbocycles. The average molecular weight is 688 g/mol. The maximum Gasteiger partial charge on any atom is 0.297 e. The first-order valence-electron chi connectivity index (χ1n) is 8.39. The lowest BCUT2D eigenvalue weighted by atomic mass is 10.1. The van der Waals surface area contributed by atoms with Crippen molar-refractivity contribution in [3.8, 4) is 11.1 Å². The fourth-order valence-electron chi connectivity index (χ4n) is 2.76. The summed E-state index contributed by atoms with van der Waals surface area (Å²) in [6.45, 7) is 0. The van der Waals surface area contributed by atoms with Gasteiger partial charge in [0.15, 0.2) is 0 Å². The molecule has 0 aliphatic carbocycles. The first-order valence-corrected chi connectivity index (χ1v) is 15.6. The largest absolute Gasteiger partial charge is 0.297 e. The Bertz CT molecular complexity index is 1330. The van der Waals surface area contributed by atoms with Crippen LogP contribution in [-0.2, 0) is 57.2 Å². The van der Waals surface area contributed by atoms with Gasteiger partial charge in [-0.3, -0.25) is 16.7 Å². The van der Waals surface area contributed by atoms with Crippen molar-refractivity contribution in [3.05, 3.63) is 33.2 Å². The van der Waals surface area contributed by atoms with Crippen LogP contribution in [0.25, 0.3) is 11.1 Å². The lowest BCUT2D eigenvalue weighted by Gasteiger charge is -2.20. The fourth-order valence-corrected chi connectivity index (χ4v) is 8.06. The van der Waals surface area contributed by atoms with Crippen molar-refractivity contribution in [2.45, 2.75) is 19.6 Å². The molecule has 0 bridgehead atoms. The molecule has 0 aliphatic heterocycles. The van der Waals surface area contributed by atoms with Crippen molar-refractivity contribution in [1.82, 2.24) is 0 Å². The standard InChI is InChI=1S/C16H16Br2O12S4/c1-27-31(19,20)11-5-9(17)6-12(32(21,22)28-2)15(11)16-13(33(23,24)29-3)7-10(18)8-14(16)34(25,26)30-4/h5-8H,1-4H3.